The first-order valence-corrected chi connectivity index (χ1v) is 11.6. The molecule has 1 fully saturated rings. The standard InChI is InChI=1S/C24H32F4N4O4/c1-4-9-23(5-2,6-3)16-32(22(35)31-10-12-36-13-11-31)15-18-8-7-17(14-19(18)25)20(33)29-30-21(34)24(26,27)28/h4,7-8,14H,1,5-6,9-13,15-16H2,2-3H3,(H,29,33)(H,30,34). The van der Waals surface area contributed by atoms with Gasteiger partial charge in [0.1, 0.15) is 5.82 Å². The highest BCUT2D eigenvalue weighted by molar-refractivity contribution is 5.96. The lowest BCUT2D eigenvalue weighted by molar-refractivity contribution is -0.174. The number of ether oxygens (including phenoxy) is 1. The van der Waals surface area contributed by atoms with Gasteiger partial charge in [0.2, 0.25) is 0 Å². The Balaban J connectivity index is 2.23. The van der Waals surface area contributed by atoms with Gasteiger partial charge in [0, 0.05) is 30.8 Å². The van der Waals surface area contributed by atoms with Crippen LogP contribution in [0.3, 0.4) is 0 Å². The Hall–Kier alpha value is -3.15. The number of carbonyl (C=O) groups is 3. The first-order valence-electron chi connectivity index (χ1n) is 11.6. The number of alkyl halides is 3. The maximum Gasteiger partial charge on any atom is 0.472 e. The molecule has 2 N–H and O–H groups in total. The predicted molar refractivity (Wildman–Crippen MR) is 124 cm³/mol. The van der Waals surface area contributed by atoms with E-state index in [0.29, 0.717) is 39.3 Å². The third-order valence-corrected chi connectivity index (χ3v) is 6.38. The normalized spacial score (nSPS) is 14.2. The van der Waals surface area contributed by atoms with Crippen LogP contribution in [0.1, 0.15) is 49.0 Å². The van der Waals surface area contributed by atoms with Crippen molar-refractivity contribution in [2.75, 3.05) is 32.8 Å². The number of rotatable bonds is 9. The quantitative estimate of drug-likeness (QED) is 0.297. The van der Waals surface area contributed by atoms with E-state index in [4.69, 9.17) is 4.74 Å². The molecule has 1 heterocycles. The van der Waals surface area contributed by atoms with Crippen molar-refractivity contribution in [3.8, 4) is 0 Å². The van der Waals surface area contributed by atoms with Gasteiger partial charge in [-0.05, 0) is 36.8 Å². The van der Waals surface area contributed by atoms with Gasteiger partial charge in [0.15, 0.2) is 0 Å². The molecule has 4 amide bonds. The number of hydrogen-bond donors (Lipinski definition) is 2. The zero-order valence-corrected chi connectivity index (χ0v) is 20.4. The monoisotopic (exact) mass is 516 g/mol. The molecule has 36 heavy (non-hydrogen) atoms. The molecule has 0 atom stereocenters. The van der Waals surface area contributed by atoms with E-state index in [0.717, 1.165) is 18.9 Å². The molecule has 0 saturated carbocycles. The summed E-state index contributed by atoms with van der Waals surface area (Å²) in [5.74, 6) is -4.30. The van der Waals surface area contributed by atoms with Crippen molar-refractivity contribution in [2.24, 2.45) is 5.41 Å². The topological polar surface area (TPSA) is 91.0 Å². The zero-order chi connectivity index (χ0) is 26.9. The molecule has 0 bridgehead atoms. The lowest BCUT2D eigenvalue weighted by atomic mass is 9.78. The Morgan fingerprint density at radius 1 is 1.14 bits per heavy atom. The van der Waals surface area contributed by atoms with Gasteiger partial charge in [-0.15, -0.1) is 6.58 Å². The molecule has 1 aromatic rings. The average Bonchev–Trinajstić information content (AvgIpc) is 2.86. The molecule has 1 saturated heterocycles. The number of benzene rings is 1. The van der Waals surface area contributed by atoms with Gasteiger partial charge >= 0.3 is 18.1 Å². The minimum absolute atomic E-state index is 0.0758. The van der Waals surface area contributed by atoms with Crippen molar-refractivity contribution in [3.05, 3.63) is 47.8 Å². The van der Waals surface area contributed by atoms with Crippen LogP contribution in [0.25, 0.3) is 0 Å². The summed E-state index contributed by atoms with van der Waals surface area (Å²) in [4.78, 5) is 39.5. The number of carbonyl (C=O) groups excluding carboxylic acids is 3. The van der Waals surface area contributed by atoms with Crippen LogP contribution in [0.2, 0.25) is 0 Å². The average molecular weight is 517 g/mol. The Morgan fingerprint density at radius 2 is 1.78 bits per heavy atom. The first-order chi connectivity index (χ1) is 17.0. The molecule has 2 rings (SSSR count). The predicted octanol–water partition coefficient (Wildman–Crippen LogP) is 3.79. The van der Waals surface area contributed by atoms with E-state index in [2.05, 4.69) is 6.58 Å². The summed E-state index contributed by atoms with van der Waals surface area (Å²) >= 11 is 0. The second-order valence-electron chi connectivity index (χ2n) is 8.65. The van der Waals surface area contributed by atoms with E-state index >= 15 is 0 Å². The number of nitrogens with zero attached hydrogens (tertiary/aromatic N) is 2. The number of amides is 4. The highest BCUT2D eigenvalue weighted by Crippen LogP contribution is 2.33. The molecule has 0 aromatic heterocycles. The Kier molecular flexibility index (Phi) is 10.3. The molecule has 8 nitrogen and oxygen atoms in total. The highest BCUT2D eigenvalue weighted by Gasteiger charge is 2.39. The number of allylic oxidation sites excluding steroid dienone is 1. The second-order valence-corrected chi connectivity index (χ2v) is 8.65. The smallest absolute Gasteiger partial charge is 0.378 e. The fourth-order valence-electron chi connectivity index (χ4n) is 3.96. The molecule has 200 valence electrons. The van der Waals surface area contributed by atoms with Crippen LogP contribution in [0, 0.1) is 11.2 Å². The maximum absolute atomic E-state index is 15.0. The minimum atomic E-state index is -5.18. The summed E-state index contributed by atoms with van der Waals surface area (Å²) in [6.45, 7) is 9.79. The molecule has 1 aliphatic rings. The van der Waals surface area contributed by atoms with Crippen LogP contribution >= 0.6 is 0 Å². The van der Waals surface area contributed by atoms with Crippen molar-refractivity contribution in [3.63, 3.8) is 0 Å². The number of urea groups is 1. The van der Waals surface area contributed by atoms with Crippen LogP contribution in [0.5, 0.6) is 0 Å². The van der Waals surface area contributed by atoms with E-state index in [9.17, 15) is 31.9 Å². The number of nitrogens with one attached hydrogen (secondary N) is 2. The SMILES string of the molecule is C=CCC(CC)(CC)CN(Cc1ccc(C(=O)NNC(=O)C(F)(F)F)cc1F)C(=O)N1CCOCC1. The number of hydrogen-bond acceptors (Lipinski definition) is 4. The van der Waals surface area contributed by atoms with Gasteiger partial charge in [-0.25, -0.2) is 9.18 Å². The van der Waals surface area contributed by atoms with E-state index in [-0.39, 0.29) is 29.1 Å². The van der Waals surface area contributed by atoms with Crippen LogP contribution in [-0.4, -0.2) is 66.7 Å². The van der Waals surface area contributed by atoms with Gasteiger partial charge in [0.05, 0.1) is 19.8 Å². The Morgan fingerprint density at radius 3 is 2.31 bits per heavy atom. The van der Waals surface area contributed by atoms with Gasteiger partial charge in [-0.3, -0.25) is 20.4 Å². The van der Waals surface area contributed by atoms with Crippen molar-refractivity contribution in [2.45, 2.75) is 45.8 Å². The van der Waals surface area contributed by atoms with Gasteiger partial charge in [-0.2, -0.15) is 13.2 Å². The molecule has 1 aliphatic heterocycles. The van der Waals surface area contributed by atoms with E-state index in [1.807, 2.05) is 13.8 Å². The molecule has 0 spiro atoms. The Labute approximate surface area is 207 Å². The summed E-state index contributed by atoms with van der Waals surface area (Å²) in [7, 11) is 0. The molecule has 12 heteroatoms. The zero-order valence-electron chi connectivity index (χ0n) is 20.4. The van der Waals surface area contributed by atoms with Crippen LogP contribution < -0.4 is 10.9 Å². The van der Waals surface area contributed by atoms with E-state index in [1.165, 1.54) is 17.6 Å². The van der Waals surface area contributed by atoms with Gasteiger partial charge in [-0.1, -0.05) is 26.0 Å². The third-order valence-electron chi connectivity index (χ3n) is 6.38. The fourth-order valence-corrected chi connectivity index (χ4v) is 3.96. The summed E-state index contributed by atoms with van der Waals surface area (Å²) in [6, 6.07) is 3.09. The van der Waals surface area contributed by atoms with Crippen molar-refractivity contribution >= 4 is 17.8 Å². The summed E-state index contributed by atoms with van der Waals surface area (Å²) in [5, 5.41) is 0. The maximum atomic E-state index is 15.0. The van der Waals surface area contributed by atoms with Crippen LogP contribution in [0.4, 0.5) is 22.4 Å². The molecule has 0 radical (unpaired) electrons. The summed E-state index contributed by atoms with van der Waals surface area (Å²) < 4.78 is 57.2. The van der Waals surface area contributed by atoms with Crippen molar-refractivity contribution < 1.29 is 36.7 Å². The van der Waals surface area contributed by atoms with Gasteiger partial charge in [0.25, 0.3) is 5.91 Å². The highest BCUT2D eigenvalue weighted by atomic mass is 19.4. The molecule has 0 aliphatic carbocycles. The van der Waals surface area contributed by atoms with Crippen LogP contribution in [0.15, 0.2) is 30.9 Å². The summed E-state index contributed by atoms with van der Waals surface area (Å²) in [6.07, 6.45) is -1.17. The minimum Gasteiger partial charge on any atom is -0.378 e. The molecule has 0 unspecified atom stereocenters. The second kappa shape index (κ2) is 12.7. The lowest BCUT2D eigenvalue weighted by Gasteiger charge is -2.40. The molecular weight excluding hydrogens is 484 g/mol. The third kappa shape index (κ3) is 7.67. The first kappa shape index (κ1) is 29.1. The largest absolute Gasteiger partial charge is 0.472 e. The van der Waals surface area contributed by atoms with Crippen molar-refractivity contribution in [1.29, 1.82) is 0 Å². The summed E-state index contributed by atoms with van der Waals surface area (Å²) in [5.41, 5.74) is 2.40. The molecule has 1 aromatic carbocycles. The fraction of sp³-hybridized carbons (Fsp3) is 0.542. The molecular formula is C24H32F4N4O4. The van der Waals surface area contributed by atoms with E-state index < -0.39 is 23.8 Å². The lowest BCUT2D eigenvalue weighted by Crippen LogP contribution is -2.50. The van der Waals surface area contributed by atoms with Crippen molar-refractivity contribution in [1.82, 2.24) is 20.7 Å². The Bertz CT molecular complexity index is 945. The van der Waals surface area contributed by atoms with Crippen LogP contribution in [-0.2, 0) is 16.1 Å². The van der Waals surface area contributed by atoms with E-state index in [1.54, 1.807) is 21.3 Å². The number of hydrazine groups is 1. The van der Waals surface area contributed by atoms with Gasteiger partial charge < -0.3 is 14.5 Å². The number of halogens is 4. The number of morpholine rings is 1.